The van der Waals surface area contributed by atoms with Crippen LogP contribution in [-0.4, -0.2) is 12.0 Å². The number of para-hydroxylation sites is 1. The number of aryl methyl sites for hydroxylation is 2. The lowest BCUT2D eigenvalue weighted by Crippen LogP contribution is -2.30. The van der Waals surface area contributed by atoms with Crippen LogP contribution in [-0.2, 0) is 4.79 Å². The Balaban J connectivity index is 2.02. The summed E-state index contributed by atoms with van der Waals surface area (Å²) in [5.41, 5.74) is 2.63. The number of amides is 1. The largest absolute Gasteiger partial charge is 0.481 e. The van der Waals surface area contributed by atoms with Gasteiger partial charge in [0.15, 0.2) is 6.10 Å². The van der Waals surface area contributed by atoms with Gasteiger partial charge in [-0.25, -0.2) is 0 Å². The van der Waals surface area contributed by atoms with Gasteiger partial charge in [0.25, 0.3) is 5.91 Å². The molecule has 0 spiro atoms. The number of carbonyl (C=O) groups is 1. The Hall–Kier alpha value is -2.00. The molecular weight excluding hydrogens is 286 g/mol. The normalized spacial score (nSPS) is 11.8. The lowest BCUT2D eigenvalue weighted by molar-refractivity contribution is -0.122. The van der Waals surface area contributed by atoms with Crippen molar-refractivity contribution in [3.05, 3.63) is 58.6 Å². The van der Waals surface area contributed by atoms with Gasteiger partial charge < -0.3 is 10.1 Å². The molecule has 0 bridgehead atoms. The number of benzene rings is 2. The van der Waals surface area contributed by atoms with Gasteiger partial charge >= 0.3 is 0 Å². The average Bonchev–Trinajstić information content (AvgIpc) is 2.45. The first-order chi connectivity index (χ1) is 9.97. The van der Waals surface area contributed by atoms with Crippen molar-refractivity contribution in [2.45, 2.75) is 26.9 Å². The number of ether oxygens (including phenoxy) is 1. The topological polar surface area (TPSA) is 38.3 Å². The van der Waals surface area contributed by atoms with Crippen LogP contribution in [0.15, 0.2) is 42.5 Å². The van der Waals surface area contributed by atoms with E-state index in [4.69, 9.17) is 16.3 Å². The summed E-state index contributed by atoms with van der Waals surface area (Å²) in [5.74, 6) is 0.500. The van der Waals surface area contributed by atoms with E-state index < -0.39 is 6.10 Å². The van der Waals surface area contributed by atoms with Gasteiger partial charge in [-0.2, -0.15) is 0 Å². The first kappa shape index (κ1) is 15.4. The molecule has 0 aliphatic carbocycles. The van der Waals surface area contributed by atoms with Gasteiger partial charge in [0.05, 0.1) is 0 Å². The fourth-order valence-corrected chi connectivity index (χ4v) is 2.03. The standard InChI is InChI=1S/C17H18ClNO2/c1-11-8-9-14(10-15(11)18)19-17(20)13(3)21-16-7-5-4-6-12(16)2/h4-10,13H,1-3H3,(H,19,20). The number of hydrogen-bond acceptors (Lipinski definition) is 2. The lowest BCUT2D eigenvalue weighted by atomic mass is 10.2. The van der Waals surface area contributed by atoms with E-state index in [0.29, 0.717) is 16.5 Å². The van der Waals surface area contributed by atoms with Crippen molar-refractivity contribution in [1.29, 1.82) is 0 Å². The second-order valence-electron chi connectivity index (χ2n) is 4.98. The highest BCUT2D eigenvalue weighted by atomic mass is 35.5. The summed E-state index contributed by atoms with van der Waals surface area (Å²) in [6.45, 7) is 5.58. The molecule has 21 heavy (non-hydrogen) atoms. The quantitative estimate of drug-likeness (QED) is 0.911. The zero-order valence-electron chi connectivity index (χ0n) is 12.3. The molecule has 0 heterocycles. The molecule has 4 heteroatoms. The number of nitrogens with one attached hydrogen (secondary N) is 1. The summed E-state index contributed by atoms with van der Waals surface area (Å²) in [7, 11) is 0. The van der Waals surface area contributed by atoms with Gasteiger partial charge in [-0.3, -0.25) is 4.79 Å². The van der Waals surface area contributed by atoms with Crippen molar-refractivity contribution >= 4 is 23.2 Å². The van der Waals surface area contributed by atoms with Gasteiger partial charge in [-0.15, -0.1) is 0 Å². The van der Waals surface area contributed by atoms with Crippen molar-refractivity contribution in [3.63, 3.8) is 0 Å². The maximum atomic E-state index is 12.1. The SMILES string of the molecule is Cc1ccc(NC(=O)C(C)Oc2ccccc2C)cc1Cl. The first-order valence-corrected chi connectivity index (χ1v) is 7.14. The molecule has 2 aromatic carbocycles. The van der Waals surface area contributed by atoms with Crippen LogP contribution in [0.3, 0.4) is 0 Å². The fraction of sp³-hybridized carbons (Fsp3) is 0.235. The van der Waals surface area contributed by atoms with Gasteiger partial charge in [0.1, 0.15) is 5.75 Å². The Morgan fingerprint density at radius 1 is 1.14 bits per heavy atom. The fourth-order valence-electron chi connectivity index (χ4n) is 1.85. The molecule has 1 atom stereocenters. The molecule has 1 N–H and O–H groups in total. The van der Waals surface area contributed by atoms with Crippen LogP contribution in [0.2, 0.25) is 5.02 Å². The molecule has 3 nitrogen and oxygen atoms in total. The predicted octanol–water partition coefficient (Wildman–Crippen LogP) is 4.36. The van der Waals surface area contributed by atoms with Gasteiger partial charge in [0.2, 0.25) is 0 Å². The van der Waals surface area contributed by atoms with Gasteiger partial charge in [0, 0.05) is 10.7 Å². The summed E-state index contributed by atoms with van der Waals surface area (Å²) in [5, 5.41) is 3.43. The van der Waals surface area contributed by atoms with Gasteiger partial charge in [-0.05, 0) is 50.1 Å². The van der Waals surface area contributed by atoms with Crippen LogP contribution in [0.1, 0.15) is 18.1 Å². The molecule has 1 unspecified atom stereocenters. The number of hydrogen-bond donors (Lipinski definition) is 1. The zero-order chi connectivity index (χ0) is 15.4. The Morgan fingerprint density at radius 2 is 1.86 bits per heavy atom. The second-order valence-corrected chi connectivity index (χ2v) is 5.39. The summed E-state index contributed by atoms with van der Waals surface area (Å²) >= 11 is 6.04. The minimum atomic E-state index is -0.592. The van der Waals surface area contributed by atoms with Crippen molar-refractivity contribution in [2.24, 2.45) is 0 Å². The number of carbonyl (C=O) groups excluding carboxylic acids is 1. The second kappa shape index (κ2) is 6.64. The molecule has 2 rings (SSSR count). The maximum absolute atomic E-state index is 12.1. The van der Waals surface area contributed by atoms with Crippen molar-refractivity contribution in [1.82, 2.24) is 0 Å². The van der Waals surface area contributed by atoms with E-state index in [0.717, 1.165) is 11.1 Å². The van der Waals surface area contributed by atoms with Crippen molar-refractivity contribution < 1.29 is 9.53 Å². The molecule has 0 saturated heterocycles. The van der Waals surface area contributed by atoms with E-state index >= 15 is 0 Å². The third-order valence-electron chi connectivity index (χ3n) is 3.21. The van der Waals surface area contributed by atoms with Crippen LogP contribution in [0.25, 0.3) is 0 Å². The van der Waals surface area contributed by atoms with E-state index in [9.17, 15) is 4.79 Å². The van der Waals surface area contributed by atoms with Gasteiger partial charge in [-0.1, -0.05) is 35.9 Å². The average molecular weight is 304 g/mol. The number of halogens is 1. The molecule has 1 amide bonds. The Morgan fingerprint density at radius 3 is 2.52 bits per heavy atom. The zero-order valence-corrected chi connectivity index (χ0v) is 13.1. The summed E-state index contributed by atoms with van der Waals surface area (Å²) in [4.78, 5) is 12.1. The minimum absolute atomic E-state index is 0.210. The Labute approximate surface area is 129 Å². The third kappa shape index (κ3) is 3.99. The van der Waals surface area contributed by atoms with E-state index in [2.05, 4.69) is 5.32 Å². The maximum Gasteiger partial charge on any atom is 0.265 e. The molecule has 0 aliphatic heterocycles. The summed E-state index contributed by atoms with van der Waals surface area (Å²) in [6.07, 6.45) is -0.592. The van der Waals surface area contributed by atoms with Crippen molar-refractivity contribution in [3.8, 4) is 5.75 Å². The molecule has 0 saturated carbocycles. The number of anilines is 1. The smallest absolute Gasteiger partial charge is 0.265 e. The van der Waals surface area contributed by atoms with Crippen LogP contribution in [0.5, 0.6) is 5.75 Å². The summed E-state index contributed by atoms with van der Waals surface area (Å²) in [6, 6.07) is 13.0. The molecule has 0 radical (unpaired) electrons. The molecule has 0 fully saturated rings. The minimum Gasteiger partial charge on any atom is -0.481 e. The van der Waals surface area contributed by atoms with E-state index in [1.807, 2.05) is 50.2 Å². The highest BCUT2D eigenvalue weighted by Gasteiger charge is 2.16. The van der Waals surface area contributed by atoms with Crippen LogP contribution < -0.4 is 10.1 Å². The Kier molecular flexibility index (Phi) is 4.86. The summed E-state index contributed by atoms with van der Waals surface area (Å²) < 4.78 is 5.69. The predicted molar refractivity (Wildman–Crippen MR) is 86.1 cm³/mol. The molecule has 0 aliphatic rings. The number of rotatable bonds is 4. The van der Waals surface area contributed by atoms with E-state index in [1.54, 1.807) is 13.0 Å². The highest BCUT2D eigenvalue weighted by molar-refractivity contribution is 6.31. The van der Waals surface area contributed by atoms with E-state index in [1.165, 1.54) is 0 Å². The molecule has 110 valence electrons. The molecule has 2 aromatic rings. The Bertz CT molecular complexity index is 655. The lowest BCUT2D eigenvalue weighted by Gasteiger charge is -2.16. The molecular formula is C17H18ClNO2. The highest BCUT2D eigenvalue weighted by Crippen LogP contribution is 2.21. The van der Waals surface area contributed by atoms with Crippen LogP contribution >= 0.6 is 11.6 Å². The first-order valence-electron chi connectivity index (χ1n) is 6.76. The van der Waals surface area contributed by atoms with E-state index in [-0.39, 0.29) is 5.91 Å². The third-order valence-corrected chi connectivity index (χ3v) is 3.61. The van der Waals surface area contributed by atoms with Crippen LogP contribution in [0.4, 0.5) is 5.69 Å². The monoisotopic (exact) mass is 303 g/mol. The van der Waals surface area contributed by atoms with Crippen molar-refractivity contribution in [2.75, 3.05) is 5.32 Å². The van der Waals surface area contributed by atoms with Crippen LogP contribution in [0, 0.1) is 13.8 Å². The molecule has 0 aromatic heterocycles.